The van der Waals surface area contributed by atoms with Crippen molar-refractivity contribution in [1.29, 1.82) is 0 Å². The summed E-state index contributed by atoms with van der Waals surface area (Å²) in [5, 5.41) is 20.3. The molecule has 2 aromatic heterocycles. The number of carbonyl (C=O) groups is 1. The van der Waals surface area contributed by atoms with Crippen LogP contribution in [0.1, 0.15) is 28.7 Å². The first-order valence-corrected chi connectivity index (χ1v) is 11.2. The van der Waals surface area contributed by atoms with E-state index in [1.54, 1.807) is 16.6 Å². The summed E-state index contributed by atoms with van der Waals surface area (Å²) in [6.45, 7) is 3.95. The van der Waals surface area contributed by atoms with E-state index >= 15 is 0 Å². The van der Waals surface area contributed by atoms with Crippen molar-refractivity contribution in [2.45, 2.75) is 20.3 Å². The predicted molar refractivity (Wildman–Crippen MR) is 128 cm³/mol. The normalized spacial score (nSPS) is 11.0. The van der Waals surface area contributed by atoms with Gasteiger partial charge in [-0.2, -0.15) is 9.61 Å². The molecule has 0 saturated heterocycles. The molecule has 0 aliphatic carbocycles. The van der Waals surface area contributed by atoms with E-state index in [2.05, 4.69) is 25.9 Å². The Kier molecular flexibility index (Phi) is 6.19. The molecular weight excluding hydrogens is 475 g/mol. The minimum Gasteiger partial charge on any atom is -0.332 e. The van der Waals surface area contributed by atoms with Crippen molar-refractivity contribution < 1.29 is 4.79 Å². The zero-order chi connectivity index (χ0) is 22.1. The van der Waals surface area contributed by atoms with Crippen molar-refractivity contribution in [1.82, 2.24) is 25.1 Å². The number of halogens is 2. The number of benzene rings is 2. The first-order valence-electron chi connectivity index (χ1n) is 9.25. The van der Waals surface area contributed by atoms with Gasteiger partial charge in [0, 0.05) is 22.7 Å². The average molecular weight is 491 g/mol. The van der Waals surface area contributed by atoms with Crippen LogP contribution in [0.3, 0.4) is 0 Å². The van der Waals surface area contributed by atoms with Gasteiger partial charge in [-0.3, -0.25) is 10.1 Å². The summed E-state index contributed by atoms with van der Waals surface area (Å²) in [6.07, 6.45) is 0.747. The predicted octanol–water partition coefficient (Wildman–Crippen LogP) is 5.16. The van der Waals surface area contributed by atoms with Gasteiger partial charge in [-0.25, -0.2) is 0 Å². The highest BCUT2D eigenvalue weighted by Gasteiger charge is 2.15. The number of rotatable bonds is 4. The molecule has 11 heteroatoms. The van der Waals surface area contributed by atoms with Crippen molar-refractivity contribution >= 4 is 68.4 Å². The molecule has 2 heterocycles. The van der Waals surface area contributed by atoms with Gasteiger partial charge in [0.05, 0.1) is 10.6 Å². The smallest absolute Gasteiger partial charge is 0.258 e. The summed E-state index contributed by atoms with van der Waals surface area (Å²) >= 11 is 18.8. The summed E-state index contributed by atoms with van der Waals surface area (Å²) in [5.41, 5.74) is 2.90. The molecule has 4 rings (SSSR count). The van der Waals surface area contributed by atoms with Crippen LogP contribution in [0, 0.1) is 6.92 Å². The van der Waals surface area contributed by atoms with Gasteiger partial charge >= 0.3 is 0 Å². The lowest BCUT2D eigenvalue weighted by Crippen LogP contribution is -2.34. The Hall–Kier alpha value is -2.59. The number of aryl methyl sites for hydroxylation is 2. The van der Waals surface area contributed by atoms with Gasteiger partial charge < -0.3 is 5.32 Å². The zero-order valence-corrected chi connectivity index (χ0v) is 19.6. The second-order valence-electron chi connectivity index (χ2n) is 6.63. The number of anilines is 1. The number of thiocarbonyl (C=S) groups is 1. The van der Waals surface area contributed by atoms with Crippen LogP contribution in [0.4, 0.5) is 5.69 Å². The number of nitrogens with one attached hydrogen (secondary N) is 2. The second-order valence-corrected chi connectivity index (χ2v) is 8.84. The Labute approximate surface area is 197 Å². The van der Waals surface area contributed by atoms with E-state index in [1.807, 2.05) is 32.0 Å². The van der Waals surface area contributed by atoms with Crippen LogP contribution in [-0.2, 0) is 6.42 Å². The van der Waals surface area contributed by atoms with E-state index in [-0.39, 0.29) is 15.7 Å². The number of nitrogens with zero attached hydrogens (tertiary/aromatic N) is 4. The molecule has 0 saturated carbocycles. The molecule has 4 aromatic rings. The second kappa shape index (κ2) is 8.88. The monoisotopic (exact) mass is 490 g/mol. The molecule has 0 spiro atoms. The van der Waals surface area contributed by atoms with Gasteiger partial charge in [0.2, 0.25) is 4.96 Å². The number of hydrogen-bond acceptors (Lipinski definition) is 6. The molecule has 0 aliphatic rings. The number of amides is 1. The Morgan fingerprint density at radius 2 is 2.00 bits per heavy atom. The van der Waals surface area contributed by atoms with Gasteiger partial charge in [-0.05, 0) is 49.0 Å². The lowest BCUT2D eigenvalue weighted by atomic mass is 10.1. The third-order valence-electron chi connectivity index (χ3n) is 4.51. The van der Waals surface area contributed by atoms with Gasteiger partial charge in [0.25, 0.3) is 5.91 Å². The molecule has 0 radical (unpaired) electrons. The van der Waals surface area contributed by atoms with Crippen LogP contribution in [0.15, 0.2) is 36.4 Å². The molecule has 1 amide bonds. The topological polar surface area (TPSA) is 84.2 Å². The van der Waals surface area contributed by atoms with Crippen molar-refractivity contribution in [2.75, 3.05) is 5.32 Å². The van der Waals surface area contributed by atoms with Crippen molar-refractivity contribution in [2.24, 2.45) is 0 Å². The average Bonchev–Trinajstić information content (AvgIpc) is 3.30. The molecule has 2 N–H and O–H groups in total. The zero-order valence-electron chi connectivity index (χ0n) is 16.4. The lowest BCUT2D eigenvalue weighted by Gasteiger charge is -2.13. The Balaban J connectivity index is 1.53. The van der Waals surface area contributed by atoms with E-state index in [0.717, 1.165) is 39.0 Å². The highest BCUT2D eigenvalue weighted by molar-refractivity contribution is 7.80. The minimum absolute atomic E-state index is 0.155. The number of carbonyl (C=O) groups excluding carboxylic acids is 1. The van der Waals surface area contributed by atoms with Gasteiger partial charge in [-0.1, -0.05) is 53.6 Å². The number of fused-ring (bicyclic) bond motifs is 1. The first kappa shape index (κ1) is 21.6. The third kappa shape index (κ3) is 4.54. The molecule has 158 valence electrons. The van der Waals surface area contributed by atoms with Crippen molar-refractivity contribution in [3.05, 3.63) is 63.4 Å². The minimum atomic E-state index is -0.422. The van der Waals surface area contributed by atoms with E-state index in [0.29, 0.717) is 5.02 Å². The highest BCUT2D eigenvalue weighted by Crippen LogP contribution is 2.29. The fraction of sp³-hybridized carbons (Fsp3) is 0.150. The number of hydrogen-bond donors (Lipinski definition) is 2. The molecule has 0 unspecified atom stereocenters. The van der Waals surface area contributed by atoms with E-state index in [9.17, 15) is 4.79 Å². The molecular formula is C20H16Cl2N6OS2. The fourth-order valence-corrected chi connectivity index (χ4v) is 4.43. The summed E-state index contributed by atoms with van der Waals surface area (Å²) < 4.78 is 1.76. The van der Waals surface area contributed by atoms with E-state index in [4.69, 9.17) is 35.4 Å². The van der Waals surface area contributed by atoms with Crippen molar-refractivity contribution in [3.63, 3.8) is 0 Å². The maximum absolute atomic E-state index is 12.5. The van der Waals surface area contributed by atoms with Gasteiger partial charge in [-0.15, -0.1) is 10.2 Å². The van der Waals surface area contributed by atoms with Crippen LogP contribution < -0.4 is 10.6 Å². The Morgan fingerprint density at radius 3 is 2.74 bits per heavy atom. The summed E-state index contributed by atoms with van der Waals surface area (Å²) in [5.74, 6) is 0.390. The fourth-order valence-electron chi connectivity index (χ4n) is 2.88. The lowest BCUT2D eigenvalue weighted by molar-refractivity contribution is 0.0978. The summed E-state index contributed by atoms with van der Waals surface area (Å²) in [4.78, 5) is 13.2. The molecule has 0 bridgehead atoms. The number of aromatic nitrogens is 4. The largest absolute Gasteiger partial charge is 0.332 e. The molecule has 0 atom stereocenters. The van der Waals surface area contributed by atoms with E-state index in [1.165, 1.54) is 17.4 Å². The quantitative estimate of drug-likeness (QED) is 0.384. The highest BCUT2D eigenvalue weighted by atomic mass is 35.5. The molecule has 0 aliphatic heterocycles. The van der Waals surface area contributed by atoms with Crippen LogP contribution >= 0.6 is 46.8 Å². The standard InChI is InChI=1S/C20H16Cl2N6OS2/c1-3-16-25-26-20-28(16)27-18(31-20)11-5-4-10(2)15(8-11)23-19(30)24-17(29)13-7-6-12(21)9-14(13)22/h4-9H,3H2,1-2H3,(H2,23,24,29,30). The van der Waals surface area contributed by atoms with Gasteiger partial charge in [0.1, 0.15) is 5.01 Å². The molecule has 2 aromatic carbocycles. The summed E-state index contributed by atoms with van der Waals surface area (Å²) in [6, 6.07) is 10.5. The third-order valence-corrected chi connectivity index (χ3v) is 6.21. The maximum Gasteiger partial charge on any atom is 0.258 e. The SMILES string of the molecule is CCc1nnc2sc(-c3ccc(C)c(NC(=S)NC(=O)c4ccc(Cl)cc4Cl)c3)nn12. The van der Waals surface area contributed by atoms with Crippen LogP contribution in [0.25, 0.3) is 15.5 Å². The van der Waals surface area contributed by atoms with Crippen molar-refractivity contribution in [3.8, 4) is 10.6 Å². The Bertz CT molecular complexity index is 1320. The van der Waals surface area contributed by atoms with Crippen LogP contribution in [-0.4, -0.2) is 30.8 Å². The molecule has 7 nitrogen and oxygen atoms in total. The molecule has 31 heavy (non-hydrogen) atoms. The van der Waals surface area contributed by atoms with Crippen LogP contribution in [0.2, 0.25) is 10.0 Å². The summed E-state index contributed by atoms with van der Waals surface area (Å²) in [7, 11) is 0. The van der Waals surface area contributed by atoms with E-state index < -0.39 is 5.91 Å². The Morgan fingerprint density at radius 1 is 1.19 bits per heavy atom. The molecule has 0 fully saturated rings. The van der Waals surface area contributed by atoms with Crippen LogP contribution in [0.5, 0.6) is 0 Å². The first-order chi connectivity index (χ1) is 14.9. The maximum atomic E-state index is 12.5. The van der Waals surface area contributed by atoms with Gasteiger partial charge in [0.15, 0.2) is 10.9 Å².